The highest BCUT2D eigenvalue weighted by Gasteiger charge is 2.12. The molecule has 0 bridgehead atoms. The van der Waals surface area contributed by atoms with E-state index in [1.165, 1.54) is 40.5 Å². The molecule has 3 rings (SSSR count). The molecule has 7 nitrogen and oxygen atoms in total. The van der Waals surface area contributed by atoms with Crippen molar-refractivity contribution in [2.75, 3.05) is 6.61 Å². The lowest BCUT2D eigenvalue weighted by Gasteiger charge is -2.10. The van der Waals surface area contributed by atoms with E-state index >= 15 is 0 Å². The molecule has 0 N–H and O–H groups in total. The van der Waals surface area contributed by atoms with E-state index in [4.69, 9.17) is 4.74 Å². The Morgan fingerprint density at radius 2 is 1.85 bits per heavy atom. The first-order chi connectivity index (χ1) is 13.0. The summed E-state index contributed by atoms with van der Waals surface area (Å²) in [5, 5.41) is 11.4. The number of esters is 1. The molecule has 138 valence electrons. The lowest BCUT2D eigenvalue weighted by atomic mass is 10.1. The van der Waals surface area contributed by atoms with Gasteiger partial charge in [-0.1, -0.05) is 30.3 Å². The summed E-state index contributed by atoms with van der Waals surface area (Å²) in [6, 6.07) is 16.8. The zero-order chi connectivity index (χ0) is 19.2. The molecule has 3 aromatic rings. The number of carbonyl (C=O) groups excluding carboxylic acids is 1. The number of pyridine rings is 1. The number of hydrogen-bond acceptors (Lipinski definition) is 5. The van der Waals surface area contributed by atoms with E-state index in [1.807, 2.05) is 30.3 Å². The van der Waals surface area contributed by atoms with Gasteiger partial charge in [0.2, 0.25) is 0 Å². The van der Waals surface area contributed by atoms with Crippen molar-refractivity contribution in [3.8, 4) is 0 Å². The number of hydrogen-bond donors (Lipinski definition) is 0. The second kappa shape index (κ2) is 8.27. The quantitative estimate of drug-likeness (QED) is 0.277. The van der Waals surface area contributed by atoms with Gasteiger partial charge in [-0.15, -0.1) is 0 Å². The number of nitro benzene ring substituents is 1. The van der Waals surface area contributed by atoms with Crippen molar-refractivity contribution in [3.63, 3.8) is 0 Å². The van der Waals surface area contributed by atoms with Crippen LogP contribution in [0.1, 0.15) is 12.0 Å². The fourth-order valence-electron chi connectivity index (χ4n) is 2.85. The molecule has 0 atom stereocenters. The predicted molar refractivity (Wildman–Crippen MR) is 101 cm³/mol. The first-order valence-corrected chi connectivity index (χ1v) is 8.52. The summed E-state index contributed by atoms with van der Waals surface area (Å²) >= 11 is 0. The Bertz CT molecular complexity index is 1030. The molecule has 0 aliphatic heterocycles. The van der Waals surface area contributed by atoms with Crippen LogP contribution in [0.3, 0.4) is 0 Å². The second-order valence-electron chi connectivity index (χ2n) is 6.07. The van der Waals surface area contributed by atoms with Gasteiger partial charge in [-0.25, -0.2) is 0 Å². The third-order valence-electron chi connectivity index (χ3n) is 4.19. The van der Waals surface area contributed by atoms with Gasteiger partial charge in [0.1, 0.15) is 6.54 Å². The van der Waals surface area contributed by atoms with Gasteiger partial charge in [-0.2, -0.15) is 0 Å². The predicted octanol–water partition coefficient (Wildman–Crippen LogP) is 3.09. The van der Waals surface area contributed by atoms with Gasteiger partial charge in [0.05, 0.1) is 17.0 Å². The first kappa shape index (κ1) is 18.3. The Balaban J connectivity index is 1.64. The van der Waals surface area contributed by atoms with E-state index in [1.54, 1.807) is 0 Å². The summed E-state index contributed by atoms with van der Waals surface area (Å²) in [4.78, 5) is 34.6. The van der Waals surface area contributed by atoms with Crippen LogP contribution in [-0.2, 0) is 22.5 Å². The van der Waals surface area contributed by atoms with Gasteiger partial charge in [0, 0.05) is 23.6 Å². The number of carbonyl (C=O) groups is 1. The molecule has 0 unspecified atom stereocenters. The zero-order valence-electron chi connectivity index (χ0n) is 14.5. The Morgan fingerprint density at radius 3 is 2.59 bits per heavy atom. The number of aromatic nitrogens is 1. The van der Waals surface area contributed by atoms with Crippen LogP contribution in [0.2, 0.25) is 0 Å². The van der Waals surface area contributed by atoms with Gasteiger partial charge in [-0.05, 0) is 30.5 Å². The minimum atomic E-state index is -0.518. The van der Waals surface area contributed by atoms with Crippen LogP contribution in [0.4, 0.5) is 5.69 Å². The van der Waals surface area contributed by atoms with Crippen molar-refractivity contribution in [3.05, 3.63) is 86.7 Å². The summed E-state index contributed by atoms with van der Waals surface area (Å²) in [5.41, 5.74) is 1.18. The van der Waals surface area contributed by atoms with Gasteiger partial charge < -0.3 is 4.74 Å². The molecule has 0 radical (unpaired) electrons. The molecular weight excluding hydrogens is 348 g/mol. The number of benzene rings is 2. The van der Waals surface area contributed by atoms with E-state index in [0.717, 1.165) is 6.42 Å². The van der Waals surface area contributed by atoms with E-state index < -0.39 is 10.9 Å². The van der Waals surface area contributed by atoms with Crippen molar-refractivity contribution >= 4 is 22.6 Å². The molecule has 0 saturated heterocycles. The molecule has 27 heavy (non-hydrogen) atoms. The van der Waals surface area contributed by atoms with Crippen molar-refractivity contribution in [2.24, 2.45) is 0 Å². The number of ether oxygens (including phenoxy) is 1. The highest BCUT2D eigenvalue weighted by Crippen LogP contribution is 2.19. The largest absolute Gasteiger partial charge is 0.464 e. The maximum absolute atomic E-state index is 12.1. The summed E-state index contributed by atoms with van der Waals surface area (Å²) in [5.74, 6) is -0.518. The number of nitrogens with zero attached hydrogens (tertiary/aromatic N) is 2. The average Bonchev–Trinajstić information content (AvgIpc) is 2.68. The molecule has 0 saturated carbocycles. The Labute approximate surface area is 155 Å². The fourth-order valence-corrected chi connectivity index (χ4v) is 2.85. The number of rotatable bonds is 7. The van der Waals surface area contributed by atoms with Crippen molar-refractivity contribution in [1.29, 1.82) is 0 Å². The Kier molecular flexibility index (Phi) is 5.61. The SMILES string of the molecule is O=C(Cn1c(=O)ccc2cc([N+](=O)[O-])ccc21)OCCCc1ccccc1. The molecule has 0 aliphatic rings. The molecule has 7 heteroatoms. The summed E-state index contributed by atoms with van der Waals surface area (Å²) in [7, 11) is 0. The van der Waals surface area contributed by atoms with Crippen LogP contribution in [-0.4, -0.2) is 22.1 Å². The summed E-state index contributed by atoms with van der Waals surface area (Å²) < 4.78 is 6.49. The van der Waals surface area contributed by atoms with Crippen LogP contribution in [0.25, 0.3) is 10.9 Å². The van der Waals surface area contributed by atoms with E-state index in [0.29, 0.717) is 17.3 Å². The minimum absolute atomic E-state index is 0.0730. The molecule has 0 fully saturated rings. The van der Waals surface area contributed by atoms with Crippen molar-refractivity contribution < 1.29 is 14.5 Å². The minimum Gasteiger partial charge on any atom is -0.464 e. The summed E-state index contributed by atoms with van der Waals surface area (Å²) in [6.07, 6.45) is 1.48. The monoisotopic (exact) mass is 366 g/mol. The van der Waals surface area contributed by atoms with Crippen LogP contribution in [0.15, 0.2) is 65.5 Å². The van der Waals surface area contributed by atoms with E-state index in [9.17, 15) is 19.7 Å². The maximum Gasteiger partial charge on any atom is 0.326 e. The molecule has 1 aromatic heterocycles. The Morgan fingerprint density at radius 1 is 1.07 bits per heavy atom. The van der Waals surface area contributed by atoms with Gasteiger partial charge in [0.15, 0.2) is 0 Å². The van der Waals surface area contributed by atoms with Crippen LogP contribution >= 0.6 is 0 Å². The second-order valence-corrected chi connectivity index (χ2v) is 6.07. The normalized spacial score (nSPS) is 10.7. The van der Waals surface area contributed by atoms with Crippen molar-refractivity contribution in [1.82, 2.24) is 4.57 Å². The zero-order valence-corrected chi connectivity index (χ0v) is 14.5. The number of non-ortho nitro benzene ring substituents is 1. The first-order valence-electron chi connectivity index (χ1n) is 8.52. The average molecular weight is 366 g/mol. The summed E-state index contributed by atoms with van der Waals surface area (Å²) in [6.45, 7) is 0.0258. The standard InChI is InChI=1S/C20H18N2O5/c23-19-11-8-16-13-17(22(25)26)9-10-18(16)21(19)14-20(24)27-12-4-7-15-5-2-1-3-6-15/h1-3,5-6,8-11,13H,4,7,12,14H2. The molecule has 2 aromatic carbocycles. The number of aryl methyl sites for hydroxylation is 1. The fraction of sp³-hybridized carbons (Fsp3) is 0.200. The highest BCUT2D eigenvalue weighted by molar-refractivity contribution is 5.82. The number of nitro groups is 1. The van der Waals surface area contributed by atoms with Crippen LogP contribution < -0.4 is 5.56 Å². The maximum atomic E-state index is 12.1. The topological polar surface area (TPSA) is 91.4 Å². The lowest BCUT2D eigenvalue weighted by molar-refractivity contribution is -0.384. The molecule has 0 amide bonds. The van der Waals surface area contributed by atoms with Crippen molar-refractivity contribution in [2.45, 2.75) is 19.4 Å². The van der Waals surface area contributed by atoms with Gasteiger partial charge in [-0.3, -0.25) is 24.3 Å². The molecule has 0 spiro atoms. The van der Waals surface area contributed by atoms with Gasteiger partial charge >= 0.3 is 5.97 Å². The third-order valence-corrected chi connectivity index (χ3v) is 4.19. The smallest absolute Gasteiger partial charge is 0.326 e. The van der Waals surface area contributed by atoms with Gasteiger partial charge in [0.25, 0.3) is 11.2 Å². The van der Waals surface area contributed by atoms with Crippen LogP contribution in [0, 0.1) is 10.1 Å². The molecule has 1 heterocycles. The molecule has 0 aliphatic carbocycles. The molecular formula is C20H18N2O5. The number of fused-ring (bicyclic) bond motifs is 1. The Hall–Kier alpha value is -3.48. The third kappa shape index (κ3) is 4.58. The van der Waals surface area contributed by atoms with Crippen LogP contribution in [0.5, 0.6) is 0 Å². The lowest BCUT2D eigenvalue weighted by Crippen LogP contribution is -2.25. The van der Waals surface area contributed by atoms with E-state index in [-0.39, 0.29) is 24.4 Å². The van der Waals surface area contributed by atoms with E-state index in [2.05, 4.69) is 0 Å². The highest BCUT2D eigenvalue weighted by atomic mass is 16.6.